The number of hydrogen-bond acceptors (Lipinski definition) is 5. The van der Waals surface area contributed by atoms with Crippen molar-refractivity contribution >= 4 is 23.6 Å². The Bertz CT molecular complexity index is 725. The lowest BCUT2D eigenvalue weighted by atomic mass is 9.72. The van der Waals surface area contributed by atoms with E-state index in [1.807, 2.05) is 6.07 Å². The number of thioether (sulfide) groups is 1. The first-order chi connectivity index (χ1) is 12.4. The van der Waals surface area contributed by atoms with E-state index in [1.165, 1.54) is 18.4 Å². The highest BCUT2D eigenvalue weighted by Crippen LogP contribution is 2.41. The highest BCUT2D eigenvalue weighted by molar-refractivity contribution is 8.03. The minimum atomic E-state index is -0.918. The van der Waals surface area contributed by atoms with E-state index < -0.39 is 17.2 Å². The lowest BCUT2D eigenvalue weighted by Crippen LogP contribution is -2.44. The fraction of sp³-hybridized carbons (Fsp3) is 0.579. The topological polar surface area (TPSA) is 106 Å². The van der Waals surface area contributed by atoms with E-state index in [-0.39, 0.29) is 11.7 Å². The van der Waals surface area contributed by atoms with Gasteiger partial charge >= 0.3 is 0 Å². The van der Waals surface area contributed by atoms with Gasteiger partial charge in [-0.3, -0.25) is 9.59 Å². The van der Waals surface area contributed by atoms with Crippen LogP contribution in [0.1, 0.15) is 46.0 Å². The number of nitrogens with zero attached hydrogens (tertiary/aromatic N) is 2. The Morgan fingerprint density at radius 1 is 1.42 bits per heavy atom. The van der Waals surface area contributed by atoms with Crippen molar-refractivity contribution in [1.82, 2.24) is 10.6 Å². The van der Waals surface area contributed by atoms with E-state index in [2.05, 4.69) is 22.8 Å². The Hall–Kier alpha value is -2.25. The molecule has 1 aliphatic heterocycles. The summed E-state index contributed by atoms with van der Waals surface area (Å²) in [6.45, 7) is 4.01. The van der Waals surface area contributed by atoms with Gasteiger partial charge in [-0.05, 0) is 32.1 Å². The molecule has 1 aliphatic carbocycles. The number of amides is 2. The molecule has 1 heterocycles. The van der Waals surface area contributed by atoms with Gasteiger partial charge in [-0.15, -0.1) is 0 Å². The molecule has 0 spiro atoms. The molecule has 0 saturated heterocycles. The van der Waals surface area contributed by atoms with Crippen LogP contribution >= 0.6 is 11.8 Å². The van der Waals surface area contributed by atoms with Crippen LogP contribution in [-0.2, 0) is 9.59 Å². The summed E-state index contributed by atoms with van der Waals surface area (Å²) in [6.07, 6.45) is 7.85. The molecule has 6 nitrogen and oxygen atoms in total. The van der Waals surface area contributed by atoms with E-state index in [1.54, 1.807) is 13.8 Å². The molecule has 0 radical (unpaired) electrons. The summed E-state index contributed by atoms with van der Waals surface area (Å²) in [7, 11) is 0. The molecular weight excluding hydrogens is 348 g/mol. The third kappa shape index (κ3) is 4.68. The van der Waals surface area contributed by atoms with Crippen molar-refractivity contribution in [1.29, 1.82) is 10.5 Å². The Morgan fingerprint density at radius 3 is 2.81 bits per heavy atom. The van der Waals surface area contributed by atoms with Crippen LogP contribution in [0.5, 0.6) is 0 Å². The summed E-state index contributed by atoms with van der Waals surface area (Å²) in [4.78, 5) is 24.2. The predicted octanol–water partition coefficient (Wildman–Crippen LogP) is 2.76. The minimum Gasteiger partial charge on any atom is -0.355 e. The van der Waals surface area contributed by atoms with Gasteiger partial charge in [0.15, 0.2) is 0 Å². The van der Waals surface area contributed by atoms with Crippen molar-refractivity contribution in [2.75, 3.05) is 12.3 Å². The van der Waals surface area contributed by atoms with Gasteiger partial charge in [-0.2, -0.15) is 10.5 Å². The molecule has 2 rings (SSSR count). The maximum absolute atomic E-state index is 12.1. The summed E-state index contributed by atoms with van der Waals surface area (Å²) in [5, 5.41) is 24.5. The van der Waals surface area contributed by atoms with Crippen LogP contribution in [0.25, 0.3) is 0 Å². The zero-order valence-electron chi connectivity index (χ0n) is 15.2. The third-order valence-electron chi connectivity index (χ3n) is 4.83. The number of nitrogens with one attached hydrogen (secondary N) is 2. The molecule has 0 aromatic carbocycles. The normalized spacial score (nSPS) is 21.9. The summed E-state index contributed by atoms with van der Waals surface area (Å²) in [5.41, 5.74) is 0.870. The van der Waals surface area contributed by atoms with Crippen molar-refractivity contribution in [2.45, 2.75) is 46.0 Å². The highest BCUT2D eigenvalue weighted by Gasteiger charge is 2.44. The van der Waals surface area contributed by atoms with Gasteiger partial charge in [0, 0.05) is 12.0 Å². The number of hydrogen-bond donors (Lipinski definition) is 2. The van der Waals surface area contributed by atoms with Crippen LogP contribution in [0.3, 0.4) is 0 Å². The molecule has 138 valence electrons. The van der Waals surface area contributed by atoms with Gasteiger partial charge in [0.05, 0.1) is 28.5 Å². The molecule has 0 aromatic rings. The van der Waals surface area contributed by atoms with Crippen LogP contribution in [0.4, 0.5) is 0 Å². The molecule has 2 aliphatic rings. The molecule has 0 saturated carbocycles. The first-order valence-electron chi connectivity index (χ1n) is 8.83. The zero-order chi connectivity index (χ0) is 19.2. The van der Waals surface area contributed by atoms with Gasteiger partial charge in [0.2, 0.25) is 11.8 Å². The van der Waals surface area contributed by atoms with E-state index in [0.29, 0.717) is 17.1 Å². The van der Waals surface area contributed by atoms with Gasteiger partial charge in [0.1, 0.15) is 5.92 Å². The number of carbonyl (C=O) groups excluding carboxylic acids is 2. The minimum absolute atomic E-state index is 0.118. The summed E-state index contributed by atoms with van der Waals surface area (Å²) in [5.74, 6) is -1.36. The summed E-state index contributed by atoms with van der Waals surface area (Å²) >= 11 is 1.13. The fourth-order valence-electron chi connectivity index (χ4n) is 3.22. The third-order valence-corrected chi connectivity index (χ3v) is 5.84. The monoisotopic (exact) mass is 372 g/mol. The first-order valence-corrected chi connectivity index (χ1v) is 9.81. The Morgan fingerprint density at radius 2 is 2.19 bits per heavy atom. The molecule has 2 N–H and O–H groups in total. The lowest BCUT2D eigenvalue weighted by Gasteiger charge is -2.34. The molecule has 26 heavy (non-hydrogen) atoms. The molecular formula is C19H24N4O2S. The van der Waals surface area contributed by atoms with E-state index in [9.17, 15) is 20.1 Å². The second-order valence-electron chi connectivity index (χ2n) is 7.09. The smallest absolute Gasteiger partial charge is 0.243 e. The molecule has 0 aromatic heterocycles. The summed E-state index contributed by atoms with van der Waals surface area (Å²) in [6, 6.07) is 4.05. The first kappa shape index (κ1) is 20.1. The van der Waals surface area contributed by atoms with Crippen molar-refractivity contribution in [2.24, 2.45) is 11.3 Å². The standard InChI is InChI=1S/C19H24N4O2S/c1-19(2)14(10-20)17(25)23-18(15(19)11-21)26-12-16(24)22-9-8-13-6-4-3-5-7-13/h6,14H,3-5,7-9,12H2,1-2H3,(H,22,24)(H,23,25)/t14-/m1/s1. The average Bonchev–Trinajstić information content (AvgIpc) is 2.60. The Kier molecular flexibility index (Phi) is 6.88. The lowest BCUT2D eigenvalue weighted by molar-refractivity contribution is -0.125. The van der Waals surface area contributed by atoms with Crippen LogP contribution in [0, 0.1) is 34.0 Å². The van der Waals surface area contributed by atoms with Gasteiger partial charge in [-0.1, -0.05) is 37.3 Å². The second-order valence-corrected chi connectivity index (χ2v) is 8.07. The van der Waals surface area contributed by atoms with Crippen molar-refractivity contribution < 1.29 is 9.59 Å². The number of rotatable bonds is 6. The molecule has 0 fully saturated rings. The zero-order valence-corrected chi connectivity index (χ0v) is 16.0. The average molecular weight is 372 g/mol. The molecule has 0 bridgehead atoms. The molecule has 1 atom stereocenters. The summed E-state index contributed by atoms with van der Waals surface area (Å²) < 4.78 is 0. The predicted molar refractivity (Wildman–Crippen MR) is 100 cm³/mol. The molecule has 2 amide bonds. The van der Waals surface area contributed by atoms with Crippen LogP contribution in [-0.4, -0.2) is 24.1 Å². The van der Waals surface area contributed by atoms with Crippen LogP contribution in [0.15, 0.2) is 22.3 Å². The van der Waals surface area contributed by atoms with Gasteiger partial charge in [-0.25, -0.2) is 0 Å². The second kappa shape index (κ2) is 8.91. The van der Waals surface area contributed by atoms with Crippen molar-refractivity contribution in [3.8, 4) is 12.1 Å². The van der Waals surface area contributed by atoms with Gasteiger partial charge in [0.25, 0.3) is 0 Å². The quantitative estimate of drug-likeness (QED) is 0.697. The van der Waals surface area contributed by atoms with Crippen molar-refractivity contribution in [3.05, 3.63) is 22.3 Å². The fourth-order valence-corrected chi connectivity index (χ4v) is 4.22. The molecule has 7 heteroatoms. The number of carbonyl (C=O) groups is 2. The van der Waals surface area contributed by atoms with Crippen LogP contribution < -0.4 is 10.6 Å². The maximum Gasteiger partial charge on any atom is 0.243 e. The number of nitriles is 2. The SMILES string of the molecule is CC1(C)C(C#N)=C(SCC(=O)NCCC2=CCCCC2)NC(=O)[C@H]1C#N. The Balaban J connectivity index is 1.90. The van der Waals surface area contributed by atoms with Crippen LogP contribution in [0.2, 0.25) is 0 Å². The van der Waals surface area contributed by atoms with E-state index in [4.69, 9.17) is 0 Å². The molecule has 0 unspecified atom stereocenters. The Labute approximate surface area is 158 Å². The van der Waals surface area contributed by atoms with E-state index >= 15 is 0 Å². The van der Waals surface area contributed by atoms with E-state index in [0.717, 1.165) is 31.0 Å². The maximum atomic E-state index is 12.1. The van der Waals surface area contributed by atoms with Crippen molar-refractivity contribution in [3.63, 3.8) is 0 Å². The largest absolute Gasteiger partial charge is 0.355 e. The van der Waals surface area contributed by atoms with Gasteiger partial charge < -0.3 is 10.6 Å². The highest BCUT2D eigenvalue weighted by atomic mass is 32.2. The number of allylic oxidation sites excluding steroid dienone is 2.